The molecule has 0 aliphatic heterocycles. The lowest BCUT2D eigenvalue weighted by Crippen LogP contribution is -2.31. The quantitative estimate of drug-likeness (QED) is 0.156. The van der Waals surface area contributed by atoms with Gasteiger partial charge in [0.05, 0.1) is 11.1 Å². The summed E-state index contributed by atoms with van der Waals surface area (Å²) in [4.78, 5) is 0. The minimum Gasteiger partial charge on any atom is -0.201 e. The third kappa shape index (κ3) is 12.5. The van der Waals surface area contributed by atoms with Crippen molar-refractivity contribution in [2.24, 2.45) is 28.2 Å². The number of aryl methyl sites for hydroxylation is 20. The molecule has 4 heterocycles. The molecule has 0 amide bonds. The summed E-state index contributed by atoms with van der Waals surface area (Å²) in [6.45, 7) is 25.2. The monoisotopic (exact) mass is 911 g/mol. The van der Waals surface area contributed by atoms with E-state index in [0.717, 1.165) is 28.1 Å². The molecule has 4 aromatic carbocycles. The highest BCUT2D eigenvalue weighted by molar-refractivity contribution is 5.67. The van der Waals surface area contributed by atoms with Gasteiger partial charge in [-0.1, -0.05) is 71.8 Å². The lowest BCUT2D eigenvalue weighted by molar-refractivity contribution is -0.660. The van der Waals surface area contributed by atoms with E-state index in [-0.39, 0.29) is 0 Å². The Morgan fingerprint density at radius 2 is 0.559 bits per heavy atom. The van der Waals surface area contributed by atoms with E-state index < -0.39 is 13.7 Å². The van der Waals surface area contributed by atoms with Crippen LogP contribution in [-0.4, -0.2) is 0 Å². The fourth-order valence-corrected chi connectivity index (χ4v) is 8.76. The van der Waals surface area contributed by atoms with Crippen LogP contribution >= 0.6 is 0 Å². The minimum atomic E-state index is -2.07. The highest BCUT2D eigenvalue weighted by Crippen LogP contribution is 2.28. The van der Waals surface area contributed by atoms with Gasteiger partial charge in [0.15, 0.2) is 24.8 Å². The normalized spacial score (nSPS) is 12.3. The van der Waals surface area contributed by atoms with Crippen LogP contribution in [-0.2, 0) is 28.2 Å². The van der Waals surface area contributed by atoms with Gasteiger partial charge in [0.1, 0.15) is 28.2 Å². The van der Waals surface area contributed by atoms with E-state index in [0.29, 0.717) is 11.1 Å². The maximum absolute atomic E-state index is 7.59. The molecule has 4 aromatic heterocycles. The molecule has 4 heteroatoms. The Bertz CT molecular complexity index is 3300. The van der Waals surface area contributed by atoms with Gasteiger partial charge in [-0.05, 0) is 178 Å². The van der Waals surface area contributed by atoms with Crippen molar-refractivity contribution in [2.45, 2.75) is 111 Å². The summed E-state index contributed by atoms with van der Waals surface area (Å²) in [7, 11) is 8.03. The first-order valence-corrected chi connectivity index (χ1v) is 23.6. The van der Waals surface area contributed by atoms with E-state index in [9.17, 15) is 0 Å². The van der Waals surface area contributed by atoms with Crippen LogP contribution in [0.4, 0.5) is 0 Å². The van der Waals surface area contributed by atoms with Gasteiger partial charge in [-0.25, -0.2) is 18.3 Å². The minimum absolute atomic E-state index is 0.411. The molecule has 0 saturated carbocycles. The van der Waals surface area contributed by atoms with Gasteiger partial charge in [0.2, 0.25) is 22.8 Å². The molecule has 8 rings (SSSR count). The summed E-state index contributed by atoms with van der Waals surface area (Å²) in [5, 5.41) is 0. The molecule has 68 heavy (non-hydrogen) atoms. The molecular weight excluding hydrogens is 825 g/mol. The number of nitrogens with zero attached hydrogens (tertiary/aromatic N) is 4. The predicted octanol–water partition coefficient (Wildman–Crippen LogP) is 13.6. The van der Waals surface area contributed by atoms with E-state index in [4.69, 9.17) is 8.22 Å². The van der Waals surface area contributed by atoms with Crippen LogP contribution in [0.2, 0.25) is 0 Å². The van der Waals surface area contributed by atoms with Crippen molar-refractivity contribution in [3.8, 4) is 45.0 Å². The molecule has 0 bridgehead atoms. The summed E-state index contributed by atoms with van der Waals surface area (Å²) in [6, 6.07) is 34.1. The third-order valence-corrected chi connectivity index (χ3v) is 13.3. The van der Waals surface area contributed by atoms with Crippen LogP contribution in [0.3, 0.4) is 0 Å². The summed E-state index contributed by atoms with van der Waals surface area (Å²) in [5.41, 5.74) is 27.6. The summed E-state index contributed by atoms with van der Waals surface area (Å²) < 4.78 is 53.8. The van der Waals surface area contributed by atoms with Gasteiger partial charge in [0.25, 0.3) is 0 Å². The van der Waals surface area contributed by atoms with Crippen LogP contribution in [0, 0.1) is 111 Å². The molecule has 0 spiro atoms. The van der Waals surface area contributed by atoms with Crippen molar-refractivity contribution in [3.63, 3.8) is 0 Å². The van der Waals surface area contributed by atoms with Gasteiger partial charge in [-0.2, -0.15) is 0 Å². The molecular formula is C64H80N4+4. The molecule has 0 aliphatic carbocycles. The van der Waals surface area contributed by atoms with Crippen molar-refractivity contribution < 1.29 is 26.5 Å². The molecule has 0 unspecified atom stereocenters. The molecule has 4 nitrogen and oxygen atoms in total. The fraction of sp³-hybridized carbons (Fsp3) is 0.312. The second kappa shape index (κ2) is 22.5. The lowest BCUT2D eigenvalue weighted by atomic mass is 9.97. The van der Waals surface area contributed by atoms with E-state index >= 15 is 0 Å². The van der Waals surface area contributed by atoms with E-state index in [1.165, 1.54) is 94.8 Å². The first-order chi connectivity index (χ1) is 34.4. The highest BCUT2D eigenvalue weighted by atomic mass is 14.9. The molecule has 0 aliphatic rings. The van der Waals surface area contributed by atoms with Crippen molar-refractivity contribution >= 4 is 0 Å². The number of hydrogen-bond donors (Lipinski definition) is 0. The molecule has 0 atom stereocenters. The van der Waals surface area contributed by atoms with E-state index in [1.54, 1.807) is 12.4 Å². The lowest BCUT2D eigenvalue weighted by Gasteiger charge is -2.09. The molecule has 0 N–H and O–H groups in total. The Morgan fingerprint density at radius 3 is 0.882 bits per heavy atom. The van der Waals surface area contributed by atoms with Crippen molar-refractivity contribution in [1.82, 2.24) is 0 Å². The van der Waals surface area contributed by atoms with Gasteiger partial charge >= 0.3 is 0 Å². The SMILES string of the molecule is Cc1cc(-c2c(C)cccc2C)[n+](C)cc1C.Cc1ccc(C)c(-c2cc(C)c(C)c[n+]2C)c1.[2H]C([2H])([2H])c1c[n+](C)c(-c2c(C)cccc2C)cc1C.[2H]C([2H])([2H])c1c[n+](C)c(-c2cc(C)ccc2C)cc1C. The maximum atomic E-state index is 7.59. The number of benzene rings is 4. The Morgan fingerprint density at radius 1 is 0.279 bits per heavy atom. The Labute approximate surface area is 419 Å². The van der Waals surface area contributed by atoms with E-state index in [1.807, 2.05) is 55.3 Å². The largest absolute Gasteiger partial charge is 0.213 e. The summed E-state index contributed by atoms with van der Waals surface area (Å²) in [6.07, 6.45) is 7.85. The van der Waals surface area contributed by atoms with Crippen molar-refractivity contribution in [2.75, 3.05) is 0 Å². The summed E-state index contributed by atoms with van der Waals surface area (Å²) >= 11 is 0. The van der Waals surface area contributed by atoms with Gasteiger partial charge in [-0.3, -0.25) is 0 Å². The second-order valence-electron chi connectivity index (χ2n) is 19.2. The number of hydrogen-bond acceptors (Lipinski definition) is 0. The van der Waals surface area contributed by atoms with Crippen LogP contribution in [0.5, 0.6) is 0 Å². The van der Waals surface area contributed by atoms with Gasteiger partial charge in [-0.15, -0.1) is 0 Å². The smallest absolute Gasteiger partial charge is 0.201 e. The van der Waals surface area contributed by atoms with Crippen LogP contribution in [0.15, 0.2) is 122 Å². The zero-order valence-corrected chi connectivity index (χ0v) is 44.3. The number of pyridine rings is 4. The zero-order valence-electron chi connectivity index (χ0n) is 50.3. The highest BCUT2D eigenvalue weighted by Gasteiger charge is 2.19. The first kappa shape index (κ1) is 44.0. The average molecular weight is 911 g/mol. The summed E-state index contributed by atoms with van der Waals surface area (Å²) in [5.74, 6) is 0. The number of aromatic nitrogens is 4. The first-order valence-electron chi connectivity index (χ1n) is 26.6. The Balaban J connectivity index is 0.000000183. The number of rotatable bonds is 4. The molecule has 0 radical (unpaired) electrons. The van der Waals surface area contributed by atoms with Gasteiger partial charge in [0, 0.05) is 65.9 Å². The second-order valence-corrected chi connectivity index (χ2v) is 19.2. The Hall–Kier alpha value is -6.52. The molecule has 8 aromatic rings. The molecule has 352 valence electrons. The third-order valence-electron chi connectivity index (χ3n) is 13.3. The topological polar surface area (TPSA) is 15.5 Å². The van der Waals surface area contributed by atoms with Crippen LogP contribution < -0.4 is 18.3 Å². The molecule has 0 saturated heterocycles. The fourth-order valence-electron chi connectivity index (χ4n) is 8.76. The zero-order chi connectivity index (χ0) is 55.3. The van der Waals surface area contributed by atoms with E-state index in [2.05, 4.69) is 198 Å². The standard InChI is InChI=1S/4C16H20N/c2*1-11-6-7-12(2)15(8-11)16-9-13(3)14(4)10-17(16)5;2*1-11-7-6-8-12(2)16(11)15-9-13(3)14(4)10-17(15)5/h4*6-10H,1-5H3/q4*+1/i4D3;;4D3;. The maximum Gasteiger partial charge on any atom is 0.213 e. The van der Waals surface area contributed by atoms with Crippen LogP contribution in [0.25, 0.3) is 45.0 Å². The van der Waals surface area contributed by atoms with Crippen molar-refractivity contribution in [3.05, 3.63) is 211 Å². The Kier molecular flexibility index (Phi) is 14.6. The van der Waals surface area contributed by atoms with Crippen LogP contribution in [0.1, 0.15) is 97.2 Å². The van der Waals surface area contributed by atoms with Crippen molar-refractivity contribution in [1.29, 1.82) is 0 Å². The van der Waals surface area contributed by atoms with Gasteiger partial charge < -0.3 is 0 Å². The predicted molar refractivity (Wildman–Crippen MR) is 288 cm³/mol. The average Bonchev–Trinajstić information content (AvgIpc) is 3.30. The molecule has 0 fully saturated rings.